The molecule has 3 rings (SSSR count). The number of hydrogen-bond donors (Lipinski definition) is 1. The Balaban J connectivity index is 2.11. The summed E-state index contributed by atoms with van der Waals surface area (Å²) in [4.78, 5) is 0. The lowest BCUT2D eigenvalue weighted by Crippen LogP contribution is -2.00. The Morgan fingerprint density at radius 2 is 2.18 bits per heavy atom. The Bertz CT molecular complexity index is 466. The Kier molecular flexibility index (Phi) is 2.32. The SMILES string of the molecule is CC1COc2c(F)cc(C(C)C3CC3)c(O)c21. The quantitative estimate of drug-likeness (QED) is 0.851. The van der Waals surface area contributed by atoms with Crippen LogP contribution in [-0.4, -0.2) is 11.7 Å². The van der Waals surface area contributed by atoms with Crippen molar-refractivity contribution in [1.82, 2.24) is 0 Å². The zero-order valence-corrected chi connectivity index (χ0v) is 10.2. The lowest BCUT2D eigenvalue weighted by Gasteiger charge is -2.16. The molecule has 0 aromatic heterocycles. The highest BCUT2D eigenvalue weighted by molar-refractivity contribution is 5.55. The highest BCUT2D eigenvalue weighted by atomic mass is 19.1. The Hall–Kier alpha value is -1.25. The van der Waals surface area contributed by atoms with E-state index in [9.17, 15) is 9.50 Å². The number of aromatic hydroxyl groups is 1. The average Bonchev–Trinajstić information content (AvgIpc) is 3.06. The zero-order chi connectivity index (χ0) is 12.2. The molecule has 3 heteroatoms. The average molecular weight is 236 g/mol. The van der Waals surface area contributed by atoms with Crippen molar-refractivity contribution in [1.29, 1.82) is 0 Å². The van der Waals surface area contributed by atoms with E-state index in [0.717, 1.165) is 5.56 Å². The van der Waals surface area contributed by atoms with Crippen LogP contribution in [0, 0.1) is 11.7 Å². The first-order chi connectivity index (χ1) is 8.09. The molecule has 2 unspecified atom stereocenters. The van der Waals surface area contributed by atoms with E-state index in [1.54, 1.807) is 0 Å². The molecule has 1 aromatic rings. The number of halogens is 1. The second kappa shape index (κ2) is 3.62. The van der Waals surface area contributed by atoms with Crippen LogP contribution in [-0.2, 0) is 0 Å². The molecule has 0 radical (unpaired) electrons. The van der Waals surface area contributed by atoms with Crippen molar-refractivity contribution < 1.29 is 14.2 Å². The van der Waals surface area contributed by atoms with Gasteiger partial charge in [-0.15, -0.1) is 0 Å². The number of ether oxygens (including phenoxy) is 1. The second-order valence-electron chi connectivity index (χ2n) is 5.38. The van der Waals surface area contributed by atoms with Gasteiger partial charge >= 0.3 is 0 Å². The number of hydrogen-bond acceptors (Lipinski definition) is 2. The van der Waals surface area contributed by atoms with Gasteiger partial charge in [-0.1, -0.05) is 13.8 Å². The molecule has 0 amide bonds. The molecule has 2 atom stereocenters. The van der Waals surface area contributed by atoms with Crippen molar-refractivity contribution in [2.24, 2.45) is 5.92 Å². The Morgan fingerprint density at radius 1 is 1.47 bits per heavy atom. The third-order valence-corrected chi connectivity index (χ3v) is 4.06. The largest absolute Gasteiger partial charge is 0.507 e. The maximum Gasteiger partial charge on any atom is 0.165 e. The van der Waals surface area contributed by atoms with Crippen LogP contribution in [0.2, 0.25) is 0 Å². The summed E-state index contributed by atoms with van der Waals surface area (Å²) in [6.45, 7) is 4.48. The van der Waals surface area contributed by atoms with Gasteiger partial charge in [0.25, 0.3) is 0 Å². The number of rotatable bonds is 2. The van der Waals surface area contributed by atoms with Gasteiger partial charge in [0, 0.05) is 17.0 Å². The summed E-state index contributed by atoms with van der Waals surface area (Å²) < 4.78 is 19.2. The molecule has 2 nitrogen and oxygen atoms in total. The number of benzene rings is 1. The van der Waals surface area contributed by atoms with Gasteiger partial charge < -0.3 is 9.84 Å². The minimum absolute atomic E-state index is 0.0749. The molecule has 0 bridgehead atoms. The van der Waals surface area contributed by atoms with Crippen LogP contribution in [0.5, 0.6) is 11.5 Å². The summed E-state index contributed by atoms with van der Waals surface area (Å²) in [7, 11) is 0. The summed E-state index contributed by atoms with van der Waals surface area (Å²) in [5.74, 6) is 1.10. The minimum Gasteiger partial charge on any atom is -0.507 e. The molecule has 2 aliphatic rings. The van der Waals surface area contributed by atoms with Gasteiger partial charge in [0.15, 0.2) is 11.6 Å². The fourth-order valence-electron chi connectivity index (χ4n) is 2.75. The molecule has 1 fully saturated rings. The molecule has 17 heavy (non-hydrogen) atoms. The van der Waals surface area contributed by atoms with E-state index in [4.69, 9.17) is 4.74 Å². The van der Waals surface area contributed by atoms with Gasteiger partial charge in [-0.25, -0.2) is 4.39 Å². The molecular formula is C14H17FO2. The molecule has 1 heterocycles. The lowest BCUT2D eigenvalue weighted by molar-refractivity contribution is 0.322. The summed E-state index contributed by atoms with van der Waals surface area (Å²) in [5.41, 5.74) is 1.41. The third kappa shape index (κ3) is 1.60. The van der Waals surface area contributed by atoms with Crippen LogP contribution in [0.4, 0.5) is 4.39 Å². The van der Waals surface area contributed by atoms with Crippen LogP contribution in [0.25, 0.3) is 0 Å². The van der Waals surface area contributed by atoms with Crippen molar-refractivity contribution in [2.75, 3.05) is 6.61 Å². The van der Waals surface area contributed by atoms with Crippen LogP contribution in [0.15, 0.2) is 6.07 Å². The van der Waals surface area contributed by atoms with Gasteiger partial charge in [0.2, 0.25) is 0 Å². The van der Waals surface area contributed by atoms with Crippen LogP contribution in [0.3, 0.4) is 0 Å². The predicted molar refractivity (Wildman–Crippen MR) is 63.1 cm³/mol. The fraction of sp³-hybridized carbons (Fsp3) is 0.571. The van der Waals surface area contributed by atoms with Crippen molar-refractivity contribution in [3.05, 3.63) is 23.0 Å². The Morgan fingerprint density at radius 3 is 2.82 bits per heavy atom. The minimum atomic E-state index is -0.329. The summed E-state index contributed by atoms with van der Waals surface area (Å²) >= 11 is 0. The van der Waals surface area contributed by atoms with Crippen LogP contribution >= 0.6 is 0 Å². The van der Waals surface area contributed by atoms with Crippen molar-refractivity contribution in [3.8, 4) is 11.5 Å². The first-order valence-electron chi connectivity index (χ1n) is 6.27. The molecule has 92 valence electrons. The van der Waals surface area contributed by atoms with E-state index in [0.29, 0.717) is 18.1 Å². The van der Waals surface area contributed by atoms with Gasteiger partial charge in [-0.05, 0) is 30.7 Å². The first kappa shape index (κ1) is 10.9. The molecule has 1 aliphatic heterocycles. The maximum absolute atomic E-state index is 13.9. The fourth-order valence-corrected chi connectivity index (χ4v) is 2.75. The van der Waals surface area contributed by atoms with E-state index in [2.05, 4.69) is 6.92 Å². The van der Waals surface area contributed by atoms with E-state index in [-0.39, 0.29) is 29.2 Å². The molecule has 1 aliphatic carbocycles. The normalized spacial score (nSPS) is 24.3. The highest BCUT2D eigenvalue weighted by Crippen LogP contribution is 2.50. The first-order valence-corrected chi connectivity index (χ1v) is 6.27. The van der Waals surface area contributed by atoms with E-state index in [1.807, 2.05) is 6.92 Å². The maximum atomic E-state index is 13.9. The summed E-state index contributed by atoms with van der Waals surface area (Å²) in [5, 5.41) is 10.3. The summed E-state index contributed by atoms with van der Waals surface area (Å²) in [6.07, 6.45) is 2.37. The van der Waals surface area contributed by atoms with Crippen LogP contribution in [0.1, 0.15) is 49.7 Å². The molecule has 1 aromatic carbocycles. The Labute approximate surface area is 100 Å². The molecule has 1 saturated carbocycles. The van der Waals surface area contributed by atoms with Crippen molar-refractivity contribution >= 4 is 0 Å². The zero-order valence-electron chi connectivity index (χ0n) is 10.2. The molecular weight excluding hydrogens is 219 g/mol. The highest BCUT2D eigenvalue weighted by Gasteiger charge is 2.35. The summed E-state index contributed by atoms with van der Waals surface area (Å²) in [6, 6.07) is 1.45. The molecule has 0 saturated heterocycles. The van der Waals surface area contributed by atoms with Gasteiger partial charge in [-0.3, -0.25) is 0 Å². The number of fused-ring (bicyclic) bond motifs is 1. The number of phenols is 1. The van der Waals surface area contributed by atoms with Gasteiger partial charge in [0.05, 0.1) is 6.61 Å². The van der Waals surface area contributed by atoms with E-state index < -0.39 is 0 Å². The van der Waals surface area contributed by atoms with Crippen LogP contribution < -0.4 is 4.74 Å². The van der Waals surface area contributed by atoms with Crippen molar-refractivity contribution in [3.63, 3.8) is 0 Å². The topological polar surface area (TPSA) is 29.5 Å². The van der Waals surface area contributed by atoms with E-state index in [1.165, 1.54) is 18.9 Å². The second-order valence-corrected chi connectivity index (χ2v) is 5.38. The van der Waals surface area contributed by atoms with Gasteiger partial charge in [-0.2, -0.15) is 0 Å². The number of phenolic OH excluding ortho intramolecular Hbond substituents is 1. The standard InChI is InChI=1S/C14H17FO2/c1-7-6-17-14-11(15)5-10(13(16)12(7)14)8(2)9-3-4-9/h5,7-9,16H,3-4,6H2,1-2H3. The molecule has 1 N–H and O–H groups in total. The predicted octanol–water partition coefficient (Wildman–Crippen LogP) is 3.54. The smallest absolute Gasteiger partial charge is 0.165 e. The van der Waals surface area contributed by atoms with Gasteiger partial charge in [0.1, 0.15) is 5.75 Å². The van der Waals surface area contributed by atoms with E-state index >= 15 is 0 Å². The van der Waals surface area contributed by atoms with Crippen molar-refractivity contribution in [2.45, 2.75) is 38.5 Å². The molecule has 0 spiro atoms. The third-order valence-electron chi connectivity index (χ3n) is 4.06. The monoisotopic (exact) mass is 236 g/mol. The lowest BCUT2D eigenvalue weighted by atomic mass is 9.90.